The number of hydrogen-bond acceptors (Lipinski definition) is 4. The van der Waals surface area contributed by atoms with E-state index in [1.165, 1.54) is 0 Å². The molecule has 0 aliphatic carbocycles. The fourth-order valence-corrected chi connectivity index (χ4v) is 3.40. The van der Waals surface area contributed by atoms with E-state index in [1.807, 2.05) is 42.5 Å². The summed E-state index contributed by atoms with van der Waals surface area (Å²) in [7, 11) is 0. The van der Waals surface area contributed by atoms with Gasteiger partial charge in [-0.15, -0.1) is 0 Å². The van der Waals surface area contributed by atoms with Crippen LogP contribution in [0.4, 0.5) is 5.69 Å². The molecule has 1 unspecified atom stereocenters. The number of nitrogens with zero attached hydrogens (tertiary/aromatic N) is 1. The van der Waals surface area contributed by atoms with Gasteiger partial charge in [0.2, 0.25) is 0 Å². The first-order valence-corrected chi connectivity index (χ1v) is 7.86. The number of para-hydroxylation sites is 1. The molecule has 2 aromatic carbocycles. The highest BCUT2D eigenvalue weighted by molar-refractivity contribution is 9.10. The fraction of sp³-hybridized carbons (Fsp3) is 0.0588. The lowest BCUT2D eigenvalue weighted by Crippen LogP contribution is -2.23. The quantitative estimate of drug-likeness (QED) is 0.488. The Morgan fingerprint density at radius 2 is 2.09 bits per heavy atom. The number of fused-ring (bicyclic) bond motifs is 2. The summed E-state index contributed by atoms with van der Waals surface area (Å²) in [6.07, 6.45) is 0.815. The van der Waals surface area contributed by atoms with Crippen LogP contribution in [0.25, 0.3) is 16.5 Å². The normalized spacial score (nSPS) is 16.3. The predicted octanol–water partition coefficient (Wildman–Crippen LogP) is 2.13. The lowest BCUT2D eigenvalue weighted by molar-refractivity contribution is -0.107. The Labute approximate surface area is 139 Å². The van der Waals surface area contributed by atoms with Crippen molar-refractivity contribution in [2.75, 3.05) is 5.48 Å². The minimum absolute atomic E-state index is 0.549. The molecule has 1 aliphatic rings. The number of carbonyl (C=O) groups is 1. The van der Waals surface area contributed by atoms with Gasteiger partial charge >= 0.3 is 0 Å². The molecule has 0 spiro atoms. The van der Waals surface area contributed by atoms with Crippen molar-refractivity contribution in [3.8, 4) is 0 Å². The van der Waals surface area contributed by atoms with Gasteiger partial charge in [0.05, 0.1) is 16.7 Å². The molecule has 0 fully saturated rings. The zero-order chi connectivity index (χ0) is 16.0. The molecule has 0 bridgehead atoms. The summed E-state index contributed by atoms with van der Waals surface area (Å²) in [5.41, 5.74) is 5.13. The highest BCUT2D eigenvalue weighted by Gasteiger charge is 2.25. The standard InChI is InChI=1S/C17H12BrN3O2/c18-9-5-6-10-13(7-9)19-14(8-22)15(10)17-16(21-23)11-3-1-2-4-12(11)20-17/h1-8,14,20-21,23H. The Bertz CT molecular complexity index is 1060. The maximum absolute atomic E-state index is 11.5. The van der Waals surface area contributed by atoms with Crippen LogP contribution in [0.1, 0.15) is 5.69 Å². The van der Waals surface area contributed by atoms with E-state index in [4.69, 9.17) is 0 Å². The highest BCUT2D eigenvalue weighted by atomic mass is 79.9. The Balaban J connectivity index is 2.10. The van der Waals surface area contributed by atoms with E-state index in [2.05, 4.69) is 31.4 Å². The predicted molar refractivity (Wildman–Crippen MR) is 91.0 cm³/mol. The molecule has 0 saturated carbocycles. The Morgan fingerprint density at radius 1 is 1.26 bits per heavy atom. The number of aromatic amines is 1. The number of halogens is 1. The number of aldehydes is 1. The van der Waals surface area contributed by atoms with E-state index in [9.17, 15) is 10.0 Å². The molecule has 1 atom stereocenters. The van der Waals surface area contributed by atoms with Crippen molar-refractivity contribution in [1.82, 2.24) is 4.98 Å². The van der Waals surface area contributed by atoms with Gasteiger partial charge in [-0.25, -0.2) is 0 Å². The number of rotatable bonds is 3. The van der Waals surface area contributed by atoms with Crippen LogP contribution in [0.15, 0.2) is 51.9 Å². The average molecular weight is 370 g/mol. The monoisotopic (exact) mass is 369 g/mol. The third kappa shape index (κ3) is 2.10. The maximum atomic E-state index is 11.5. The summed E-state index contributed by atoms with van der Waals surface area (Å²) < 4.78 is 0.906. The van der Waals surface area contributed by atoms with Crippen molar-refractivity contribution in [2.24, 2.45) is 4.99 Å². The molecule has 3 aromatic rings. The fourth-order valence-electron chi connectivity index (χ4n) is 3.05. The molecule has 2 heterocycles. The van der Waals surface area contributed by atoms with Crippen molar-refractivity contribution in [3.63, 3.8) is 0 Å². The summed E-state index contributed by atoms with van der Waals surface area (Å²) in [5.74, 6) is 0. The third-order valence-electron chi connectivity index (χ3n) is 4.04. The topological polar surface area (TPSA) is 77.5 Å². The minimum atomic E-state index is -0.598. The van der Waals surface area contributed by atoms with Crippen LogP contribution in [0.3, 0.4) is 0 Å². The van der Waals surface area contributed by atoms with Crippen LogP contribution in [-0.2, 0) is 4.79 Å². The van der Waals surface area contributed by atoms with E-state index in [0.717, 1.165) is 37.8 Å². The zero-order valence-corrected chi connectivity index (χ0v) is 13.5. The molecular formula is C17H12BrN3O2. The summed E-state index contributed by atoms with van der Waals surface area (Å²) in [6, 6.07) is 12.8. The maximum Gasteiger partial charge on any atom is 0.149 e. The minimum Gasteiger partial charge on any atom is -0.353 e. The number of H-pyrrole nitrogens is 1. The summed E-state index contributed by atoms with van der Waals surface area (Å²) in [6.45, 7) is 0. The van der Waals surface area contributed by atoms with Crippen molar-refractivity contribution in [2.45, 2.75) is 6.04 Å². The van der Waals surface area contributed by atoms with E-state index in [0.29, 0.717) is 11.4 Å². The molecular weight excluding hydrogens is 358 g/mol. The first kappa shape index (κ1) is 14.2. The lowest BCUT2D eigenvalue weighted by Gasteiger charge is -2.08. The van der Waals surface area contributed by atoms with Crippen molar-refractivity contribution >= 4 is 44.4 Å². The van der Waals surface area contributed by atoms with Gasteiger partial charge in [-0.3, -0.25) is 15.7 Å². The summed E-state index contributed by atoms with van der Waals surface area (Å²) in [5, 5.41) is 12.1. The molecule has 0 saturated heterocycles. The second-order valence-electron chi connectivity index (χ2n) is 5.32. The van der Waals surface area contributed by atoms with Crippen molar-refractivity contribution in [1.29, 1.82) is 0 Å². The molecule has 1 aromatic heterocycles. The van der Waals surface area contributed by atoms with E-state index >= 15 is 0 Å². The molecule has 1 aliphatic heterocycles. The smallest absolute Gasteiger partial charge is 0.149 e. The van der Waals surface area contributed by atoms with Crippen LogP contribution in [-0.4, -0.2) is 22.5 Å². The summed E-state index contributed by atoms with van der Waals surface area (Å²) in [4.78, 5) is 19.3. The van der Waals surface area contributed by atoms with Gasteiger partial charge in [0.15, 0.2) is 0 Å². The van der Waals surface area contributed by atoms with E-state index < -0.39 is 6.04 Å². The SMILES string of the molecule is O=CC1N=c2cc(Br)ccc2=C1c1[nH]c2ccccc2c1NO. The van der Waals surface area contributed by atoms with Gasteiger partial charge in [-0.2, -0.15) is 0 Å². The number of anilines is 1. The molecule has 5 nitrogen and oxygen atoms in total. The second-order valence-corrected chi connectivity index (χ2v) is 6.23. The van der Waals surface area contributed by atoms with Crippen molar-refractivity contribution < 1.29 is 10.0 Å². The van der Waals surface area contributed by atoms with Crippen LogP contribution < -0.4 is 16.1 Å². The Kier molecular flexibility index (Phi) is 3.28. The number of nitrogens with one attached hydrogen (secondary N) is 2. The molecule has 0 amide bonds. The van der Waals surface area contributed by atoms with Gasteiger partial charge in [0.1, 0.15) is 12.3 Å². The van der Waals surface area contributed by atoms with E-state index in [-0.39, 0.29) is 0 Å². The average Bonchev–Trinajstić information content (AvgIpc) is 3.10. The first-order valence-electron chi connectivity index (χ1n) is 7.07. The van der Waals surface area contributed by atoms with Gasteiger partial charge in [-0.1, -0.05) is 40.2 Å². The van der Waals surface area contributed by atoms with Crippen LogP contribution >= 0.6 is 15.9 Å². The van der Waals surface area contributed by atoms with Crippen LogP contribution in [0, 0.1) is 0 Å². The molecule has 0 radical (unpaired) electrons. The molecule has 114 valence electrons. The molecule has 6 heteroatoms. The Morgan fingerprint density at radius 3 is 2.87 bits per heavy atom. The van der Waals surface area contributed by atoms with E-state index in [1.54, 1.807) is 0 Å². The van der Waals surface area contributed by atoms with Gasteiger partial charge in [-0.05, 0) is 18.2 Å². The van der Waals surface area contributed by atoms with Crippen molar-refractivity contribution in [3.05, 3.63) is 63.2 Å². The zero-order valence-electron chi connectivity index (χ0n) is 11.9. The molecule has 23 heavy (non-hydrogen) atoms. The number of benzene rings is 2. The largest absolute Gasteiger partial charge is 0.353 e. The second kappa shape index (κ2) is 5.33. The van der Waals surface area contributed by atoms with Crippen LogP contribution in [0.5, 0.6) is 0 Å². The van der Waals surface area contributed by atoms with Gasteiger partial charge in [0, 0.05) is 26.2 Å². The van der Waals surface area contributed by atoms with Gasteiger partial charge in [0.25, 0.3) is 0 Å². The molecule has 3 N–H and O–H groups in total. The third-order valence-corrected chi connectivity index (χ3v) is 4.53. The first-order chi connectivity index (χ1) is 11.2. The number of aromatic nitrogens is 1. The summed E-state index contributed by atoms with van der Waals surface area (Å²) >= 11 is 3.42. The van der Waals surface area contributed by atoms with Crippen LogP contribution in [0.2, 0.25) is 0 Å². The number of hydrogen-bond donors (Lipinski definition) is 3. The lowest BCUT2D eigenvalue weighted by atomic mass is 10.0. The molecule has 4 rings (SSSR count). The van der Waals surface area contributed by atoms with Gasteiger partial charge < -0.3 is 9.78 Å². The highest BCUT2D eigenvalue weighted by Crippen LogP contribution is 2.33. The Hall–Kier alpha value is -2.44. The number of carbonyl (C=O) groups excluding carboxylic acids is 1.